The number of hydrogen-bond acceptors (Lipinski definition) is 4. The Kier molecular flexibility index (Phi) is 4.97. The van der Waals surface area contributed by atoms with Crippen molar-refractivity contribution in [3.05, 3.63) is 29.3 Å². The van der Waals surface area contributed by atoms with E-state index in [4.69, 9.17) is 15.2 Å². The minimum atomic E-state index is -0.575. The Morgan fingerprint density at radius 2 is 2.18 bits per heavy atom. The Hall–Kier alpha value is -1.55. The molecule has 0 fully saturated rings. The molecule has 0 heterocycles. The van der Waals surface area contributed by atoms with Crippen LogP contribution in [0.1, 0.15) is 18.1 Å². The van der Waals surface area contributed by atoms with E-state index in [9.17, 15) is 4.79 Å². The summed E-state index contributed by atoms with van der Waals surface area (Å²) in [4.78, 5) is 11.2. The topological polar surface area (TPSA) is 61.5 Å². The van der Waals surface area contributed by atoms with Gasteiger partial charge in [0.15, 0.2) is 0 Å². The molecule has 0 radical (unpaired) electrons. The van der Waals surface area contributed by atoms with E-state index >= 15 is 0 Å². The summed E-state index contributed by atoms with van der Waals surface area (Å²) >= 11 is 0. The van der Waals surface area contributed by atoms with E-state index in [1.807, 2.05) is 25.1 Å². The van der Waals surface area contributed by atoms with Gasteiger partial charge < -0.3 is 15.2 Å². The molecule has 0 aromatic heterocycles. The molecule has 0 aliphatic carbocycles. The fourth-order valence-electron chi connectivity index (χ4n) is 1.50. The van der Waals surface area contributed by atoms with Gasteiger partial charge in [0.1, 0.15) is 11.8 Å². The van der Waals surface area contributed by atoms with Gasteiger partial charge in [0.05, 0.1) is 13.7 Å². The van der Waals surface area contributed by atoms with Crippen LogP contribution in [-0.2, 0) is 16.0 Å². The third-order valence-corrected chi connectivity index (χ3v) is 2.42. The summed E-state index contributed by atoms with van der Waals surface area (Å²) in [5.41, 5.74) is 7.58. The summed E-state index contributed by atoms with van der Waals surface area (Å²) in [7, 11) is 1.63. The van der Waals surface area contributed by atoms with Gasteiger partial charge in [0, 0.05) is 6.42 Å². The zero-order valence-corrected chi connectivity index (χ0v) is 10.5. The summed E-state index contributed by atoms with van der Waals surface area (Å²) in [5.74, 6) is 0.434. The zero-order chi connectivity index (χ0) is 12.8. The molecule has 0 bridgehead atoms. The highest BCUT2D eigenvalue weighted by molar-refractivity contribution is 5.74. The minimum Gasteiger partial charge on any atom is -0.496 e. The van der Waals surface area contributed by atoms with E-state index in [1.54, 1.807) is 14.0 Å². The Labute approximate surface area is 102 Å². The van der Waals surface area contributed by atoms with Crippen LogP contribution < -0.4 is 10.5 Å². The van der Waals surface area contributed by atoms with Crippen molar-refractivity contribution >= 4 is 5.97 Å². The number of rotatable bonds is 5. The van der Waals surface area contributed by atoms with Gasteiger partial charge in [-0.1, -0.05) is 17.7 Å². The van der Waals surface area contributed by atoms with Crippen LogP contribution >= 0.6 is 0 Å². The maximum absolute atomic E-state index is 11.2. The lowest BCUT2D eigenvalue weighted by Gasteiger charge is -2.10. The Morgan fingerprint density at radius 1 is 1.47 bits per heavy atom. The predicted molar refractivity (Wildman–Crippen MR) is 66.0 cm³/mol. The maximum atomic E-state index is 11.2. The number of ether oxygens (including phenoxy) is 2. The van der Waals surface area contributed by atoms with E-state index in [-0.39, 0.29) is 5.97 Å². The van der Waals surface area contributed by atoms with E-state index in [0.29, 0.717) is 13.0 Å². The van der Waals surface area contributed by atoms with Crippen molar-refractivity contribution in [3.63, 3.8) is 0 Å². The summed E-state index contributed by atoms with van der Waals surface area (Å²) < 4.78 is 10.3. The van der Waals surface area contributed by atoms with Crippen molar-refractivity contribution < 1.29 is 14.3 Å². The molecule has 1 unspecified atom stereocenters. The molecule has 2 N–H and O–H groups in total. The number of hydrogen-bond donors (Lipinski definition) is 1. The average molecular weight is 237 g/mol. The van der Waals surface area contributed by atoms with E-state index in [0.717, 1.165) is 16.9 Å². The van der Waals surface area contributed by atoms with Gasteiger partial charge in [-0.25, -0.2) is 0 Å². The van der Waals surface area contributed by atoms with Gasteiger partial charge in [0.2, 0.25) is 0 Å². The van der Waals surface area contributed by atoms with E-state index in [2.05, 4.69) is 0 Å². The lowest BCUT2D eigenvalue weighted by molar-refractivity contribution is -0.144. The third-order valence-electron chi connectivity index (χ3n) is 2.42. The molecule has 0 aliphatic rings. The maximum Gasteiger partial charge on any atom is 0.322 e. The number of nitrogens with two attached hydrogens (primary N) is 1. The van der Waals surface area contributed by atoms with Crippen molar-refractivity contribution in [2.75, 3.05) is 13.7 Å². The molecular formula is C13H19NO3. The number of methoxy groups -OCH3 is 1. The van der Waals surface area contributed by atoms with Crippen LogP contribution in [0.5, 0.6) is 5.75 Å². The standard InChI is InChI=1S/C13H19NO3/c1-9-4-5-12(16-3)11(8-9)6-7-17-13(15)10(2)14/h4-5,8,10H,6-7,14H2,1-3H3. The molecule has 4 nitrogen and oxygen atoms in total. The highest BCUT2D eigenvalue weighted by atomic mass is 16.5. The largest absolute Gasteiger partial charge is 0.496 e. The molecule has 17 heavy (non-hydrogen) atoms. The molecule has 1 aromatic carbocycles. The van der Waals surface area contributed by atoms with Crippen molar-refractivity contribution in [1.82, 2.24) is 0 Å². The van der Waals surface area contributed by atoms with Crippen LogP contribution in [0.4, 0.5) is 0 Å². The van der Waals surface area contributed by atoms with Gasteiger partial charge >= 0.3 is 5.97 Å². The van der Waals surface area contributed by atoms with Crippen molar-refractivity contribution in [3.8, 4) is 5.75 Å². The number of aryl methyl sites for hydroxylation is 1. The molecular weight excluding hydrogens is 218 g/mol. The fourth-order valence-corrected chi connectivity index (χ4v) is 1.50. The van der Waals surface area contributed by atoms with Crippen LogP contribution in [0.25, 0.3) is 0 Å². The van der Waals surface area contributed by atoms with Gasteiger partial charge in [-0.05, 0) is 25.5 Å². The van der Waals surface area contributed by atoms with Crippen molar-refractivity contribution in [2.45, 2.75) is 26.3 Å². The quantitative estimate of drug-likeness (QED) is 0.787. The molecule has 4 heteroatoms. The SMILES string of the molecule is COc1ccc(C)cc1CCOC(=O)C(C)N. The first-order valence-electron chi connectivity index (χ1n) is 5.60. The average Bonchev–Trinajstić information content (AvgIpc) is 2.29. The number of esters is 1. The third kappa shape index (κ3) is 4.07. The first-order valence-corrected chi connectivity index (χ1v) is 5.60. The van der Waals surface area contributed by atoms with Crippen LogP contribution in [0, 0.1) is 6.92 Å². The molecule has 0 spiro atoms. The second kappa shape index (κ2) is 6.25. The van der Waals surface area contributed by atoms with Crippen LogP contribution in [0.15, 0.2) is 18.2 Å². The molecule has 1 atom stereocenters. The van der Waals surface area contributed by atoms with Gasteiger partial charge in [-0.3, -0.25) is 4.79 Å². The Balaban J connectivity index is 2.56. The highest BCUT2D eigenvalue weighted by Crippen LogP contribution is 2.20. The first-order chi connectivity index (χ1) is 8.04. The molecule has 1 aromatic rings. The lowest BCUT2D eigenvalue weighted by atomic mass is 10.1. The Bertz CT molecular complexity index is 388. The molecule has 0 saturated carbocycles. The van der Waals surface area contributed by atoms with Gasteiger partial charge in [-0.15, -0.1) is 0 Å². The highest BCUT2D eigenvalue weighted by Gasteiger charge is 2.09. The van der Waals surface area contributed by atoms with Crippen LogP contribution in [0.2, 0.25) is 0 Å². The Morgan fingerprint density at radius 3 is 2.76 bits per heavy atom. The van der Waals surface area contributed by atoms with Gasteiger partial charge in [-0.2, -0.15) is 0 Å². The minimum absolute atomic E-state index is 0.320. The van der Waals surface area contributed by atoms with Gasteiger partial charge in [0.25, 0.3) is 0 Å². The second-order valence-electron chi connectivity index (χ2n) is 4.02. The smallest absolute Gasteiger partial charge is 0.322 e. The molecule has 0 aliphatic heterocycles. The predicted octanol–water partition coefficient (Wildman–Crippen LogP) is 1.44. The van der Waals surface area contributed by atoms with E-state index in [1.165, 1.54) is 0 Å². The molecule has 1 rings (SSSR count). The van der Waals surface area contributed by atoms with Crippen molar-refractivity contribution in [1.29, 1.82) is 0 Å². The molecule has 0 saturated heterocycles. The molecule has 0 amide bonds. The van der Waals surface area contributed by atoms with Crippen molar-refractivity contribution in [2.24, 2.45) is 5.73 Å². The molecule has 94 valence electrons. The summed E-state index contributed by atoms with van der Waals surface area (Å²) in [6.07, 6.45) is 0.628. The van der Waals surface area contributed by atoms with Crippen LogP contribution in [-0.4, -0.2) is 25.7 Å². The summed E-state index contributed by atoms with van der Waals surface area (Å²) in [6, 6.07) is 5.35. The normalized spacial score (nSPS) is 12.0. The lowest BCUT2D eigenvalue weighted by Crippen LogP contribution is -2.29. The number of carbonyl (C=O) groups excluding carboxylic acids is 1. The summed E-state index contributed by atoms with van der Waals surface area (Å²) in [5, 5.41) is 0. The first kappa shape index (κ1) is 13.5. The second-order valence-corrected chi connectivity index (χ2v) is 4.02. The van der Waals surface area contributed by atoms with Crippen LogP contribution in [0.3, 0.4) is 0 Å². The number of carbonyl (C=O) groups is 1. The van der Waals surface area contributed by atoms with E-state index < -0.39 is 6.04 Å². The monoisotopic (exact) mass is 237 g/mol. The summed E-state index contributed by atoms with van der Waals surface area (Å²) in [6.45, 7) is 3.94. The fraction of sp³-hybridized carbons (Fsp3) is 0.462. The number of benzene rings is 1. The zero-order valence-electron chi connectivity index (χ0n) is 10.5.